The molecule has 0 spiro atoms. The summed E-state index contributed by atoms with van der Waals surface area (Å²) in [7, 11) is 1.65. The second-order valence-electron chi connectivity index (χ2n) is 4.82. The Bertz CT molecular complexity index is 367. The average Bonchev–Trinajstić information content (AvgIpc) is 2.87. The van der Waals surface area contributed by atoms with Crippen molar-refractivity contribution in [3.8, 4) is 0 Å². The minimum absolute atomic E-state index is 0.145. The van der Waals surface area contributed by atoms with Crippen LogP contribution in [-0.2, 0) is 18.9 Å². The van der Waals surface area contributed by atoms with Crippen molar-refractivity contribution >= 4 is 0 Å². The van der Waals surface area contributed by atoms with Crippen LogP contribution in [0.5, 0.6) is 0 Å². The van der Waals surface area contributed by atoms with E-state index >= 15 is 0 Å². The summed E-state index contributed by atoms with van der Waals surface area (Å²) in [5.74, 6) is 1.61. The van der Waals surface area contributed by atoms with Gasteiger partial charge in [-0.1, -0.05) is 0 Å². The summed E-state index contributed by atoms with van der Waals surface area (Å²) in [6, 6.07) is 3.66. The van der Waals surface area contributed by atoms with Crippen molar-refractivity contribution in [1.82, 2.24) is 0 Å². The largest absolute Gasteiger partial charge is 0.464 e. The fourth-order valence-electron chi connectivity index (χ4n) is 1.80. The van der Waals surface area contributed by atoms with Crippen molar-refractivity contribution in [3.05, 3.63) is 23.7 Å². The molecule has 0 bridgehead atoms. The molecule has 0 fully saturated rings. The van der Waals surface area contributed by atoms with E-state index in [-0.39, 0.29) is 12.1 Å². The lowest BCUT2D eigenvalue weighted by atomic mass is 10.1. The maximum absolute atomic E-state index is 5.93. The van der Waals surface area contributed by atoms with Gasteiger partial charge in [0, 0.05) is 13.2 Å². The number of ether oxygens (including phenoxy) is 4. The molecule has 2 atom stereocenters. The van der Waals surface area contributed by atoms with Crippen LogP contribution in [0.2, 0.25) is 0 Å². The Balaban J connectivity index is 2.12. The van der Waals surface area contributed by atoms with E-state index in [1.807, 2.05) is 26.0 Å². The second kappa shape index (κ2) is 10.8. The lowest BCUT2D eigenvalue weighted by Crippen LogP contribution is -2.27. The molecule has 1 heterocycles. The van der Waals surface area contributed by atoms with E-state index in [4.69, 9.17) is 29.1 Å². The molecule has 2 N–H and O–H groups in total. The van der Waals surface area contributed by atoms with Gasteiger partial charge in [-0.25, -0.2) is 0 Å². The smallest absolute Gasteiger partial charge is 0.134 e. The van der Waals surface area contributed by atoms with Gasteiger partial charge in [-0.15, -0.1) is 0 Å². The molecule has 0 radical (unpaired) electrons. The van der Waals surface area contributed by atoms with Crippen LogP contribution in [0, 0.1) is 6.92 Å². The predicted molar refractivity (Wildman–Crippen MR) is 79.3 cm³/mol. The highest BCUT2D eigenvalue weighted by Gasteiger charge is 2.20. The summed E-state index contributed by atoms with van der Waals surface area (Å²) < 4.78 is 26.9. The molecule has 21 heavy (non-hydrogen) atoms. The van der Waals surface area contributed by atoms with Crippen LogP contribution in [-0.4, -0.2) is 52.8 Å². The van der Waals surface area contributed by atoms with Gasteiger partial charge in [0.05, 0.1) is 39.6 Å². The molecular formula is C15H27NO5. The lowest BCUT2D eigenvalue weighted by Gasteiger charge is -2.19. The molecule has 2 unspecified atom stereocenters. The van der Waals surface area contributed by atoms with Gasteiger partial charge in [-0.05, 0) is 26.0 Å². The average molecular weight is 301 g/mol. The Hall–Kier alpha value is -0.920. The van der Waals surface area contributed by atoms with E-state index in [0.29, 0.717) is 39.6 Å². The third-order valence-corrected chi connectivity index (χ3v) is 2.85. The Kier molecular flexibility index (Phi) is 9.29. The van der Waals surface area contributed by atoms with E-state index in [0.717, 1.165) is 11.5 Å². The van der Waals surface area contributed by atoms with Gasteiger partial charge < -0.3 is 29.1 Å². The number of nitrogens with two attached hydrogens (primary N) is 1. The van der Waals surface area contributed by atoms with Gasteiger partial charge >= 0.3 is 0 Å². The molecule has 6 nitrogen and oxygen atoms in total. The summed E-state index contributed by atoms with van der Waals surface area (Å²) in [5.41, 5.74) is 5.93. The molecule has 0 saturated carbocycles. The first-order chi connectivity index (χ1) is 10.1. The Morgan fingerprint density at radius 2 is 1.67 bits per heavy atom. The molecule has 0 saturated heterocycles. The summed E-state index contributed by atoms with van der Waals surface area (Å²) in [5, 5.41) is 0. The molecule has 0 amide bonds. The Labute approximate surface area is 126 Å². The van der Waals surface area contributed by atoms with Crippen molar-refractivity contribution in [2.75, 3.05) is 46.8 Å². The molecular weight excluding hydrogens is 274 g/mol. The highest BCUT2D eigenvalue weighted by molar-refractivity contribution is 5.09. The quantitative estimate of drug-likeness (QED) is 0.592. The maximum Gasteiger partial charge on any atom is 0.134 e. The van der Waals surface area contributed by atoms with Gasteiger partial charge in [0.1, 0.15) is 17.6 Å². The van der Waals surface area contributed by atoms with Crippen LogP contribution < -0.4 is 5.73 Å². The van der Waals surface area contributed by atoms with E-state index in [1.165, 1.54) is 0 Å². The van der Waals surface area contributed by atoms with Crippen molar-refractivity contribution in [1.29, 1.82) is 0 Å². The summed E-state index contributed by atoms with van der Waals surface area (Å²) in [6.45, 7) is 7.03. The highest BCUT2D eigenvalue weighted by atomic mass is 16.6. The van der Waals surface area contributed by atoms with Crippen LogP contribution in [0.25, 0.3) is 0 Å². The van der Waals surface area contributed by atoms with Gasteiger partial charge in [-0.3, -0.25) is 0 Å². The molecule has 6 heteroatoms. The SMILES string of the molecule is COCCOCCOCCOC(c1ccc(C)o1)C(C)N. The zero-order valence-electron chi connectivity index (χ0n) is 13.2. The Morgan fingerprint density at radius 3 is 2.19 bits per heavy atom. The van der Waals surface area contributed by atoms with Crippen LogP contribution >= 0.6 is 0 Å². The molecule has 1 rings (SSSR count). The number of rotatable bonds is 12. The minimum Gasteiger partial charge on any atom is -0.464 e. The molecule has 0 aromatic carbocycles. The van der Waals surface area contributed by atoms with E-state index < -0.39 is 0 Å². The van der Waals surface area contributed by atoms with Crippen LogP contribution in [0.3, 0.4) is 0 Å². The predicted octanol–water partition coefficient (Wildman–Crippen LogP) is 1.67. The number of hydrogen-bond donors (Lipinski definition) is 1. The third kappa shape index (κ3) is 7.59. The zero-order chi connectivity index (χ0) is 15.5. The summed E-state index contributed by atoms with van der Waals surface area (Å²) in [4.78, 5) is 0. The molecule has 122 valence electrons. The number of aryl methyl sites for hydroxylation is 1. The van der Waals surface area contributed by atoms with Crippen LogP contribution in [0.4, 0.5) is 0 Å². The van der Waals surface area contributed by atoms with E-state index in [2.05, 4.69) is 0 Å². The van der Waals surface area contributed by atoms with Crippen LogP contribution in [0.1, 0.15) is 24.5 Å². The van der Waals surface area contributed by atoms with Gasteiger partial charge in [0.2, 0.25) is 0 Å². The van der Waals surface area contributed by atoms with Crippen molar-refractivity contribution < 1.29 is 23.4 Å². The van der Waals surface area contributed by atoms with Crippen LogP contribution in [0.15, 0.2) is 16.5 Å². The number of hydrogen-bond acceptors (Lipinski definition) is 6. The first-order valence-electron chi connectivity index (χ1n) is 7.23. The number of furan rings is 1. The minimum atomic E-state index is -0.250. The molecule has 0 aliphatic heterocycles. The fourth-order valence-corrected chi connectivity index (χ4v) is 1.80. The number of methoxy groups -OCH3 is 1. The Morgan fingerprint density at radius 1 is 1.05 bits per heavy atom. The van der Waals surface area contributed by atoms with E-state index in [1.54, 1.807) is 7.11 Å². The van der Waals surface area contributed by atoms with Gasteiger partial charge in [0.25, 0.3) is 0 Å². The molecule has 0 aliphatic carbocycles. The normalized spacial score (nSPS) is 14.3. The molecule has 0 aliphatic rings. The summed E-state index contributed by atoms with van der Waals surface area (Å²) >= 11 is 0. The summed E-state index contributed by atoms with van der Waals surface area (Å²) in [6.07, 6.45) is -0.250. The second-order valence-corrected chi connectivity index (χ2v) is 4.82. The fraction of sp³-hybridized carbons (Fsp3) is 0.733. The van der Waals surface area contributed by atoms with Crippen molar-refractivity contribution in [2.45, 2.75) is 26.0 Å². The van der Waals surface area contributed by atoms with Gasteiger partial charge in [-0.2, -0.15) is 0 Å². The van der Waals surface area contributed by atoms with Crippen molar-refractivity contribution in [2.24, 2.45) is 5.73 Å². The molecule has 1 aromatic rings. The highest BCUT2D eigenvalue weighted by Crippen LogP contribution is 2.22. The first kappa shape index (κ1) is 18.1. The topological polar surface area (TPSA) is 76.1 Å². The first-order valence-corrected chi connectivity index (χ1v) is 7.23. The maximum atomic E-state index is 5.93. The van der Waals surface area contributed by atoms with E-state index in [9.17, 15) is 0 Å². The monoisotopic (exact) mass is 301 g/mol. The molecule has 1 aromatic heterocycles. The van der Waals surface area contributed by atoms with Gasteiger partial charge in [0.15, 0.2) is 0 Å². The standard InChI is InChI=1S/C15H27NO5/c1-12-4-5-14(21-12)15(13(2)16)20-11-10-19-9-8-18-7-6-17-3/h4-5,13,15H,6-11,16H2,1-3H3. The third-order valence-electron chi connectivity index (χ3n) is 2.85. The lowest BCUT2D eigenvalue weighted by molar-refractivity contribution is -0.0283. The van der Waals surface area contributed by atoms with Crippen molar-refractivity contribution in [3.63, 3.8) is 0 Å². The zero-order valence-corrected chi connectivity index (χ0v) is 13.2.